The molecule has 0 aliphatic carbocycles. The van der Waals surface area contributed by atoms with E-state index in [-0.39, 0.29) is 18.6 Å². The van der Waals surface area contributed by atoms with Crippen molar-refractivity contribution < 1.29 is 14.6 Å². The Morgan fingerprint density at radius 3 is 2.92 bits per heavy atom. The van der Waals surface area contributed by atoms with Gasteiger partial charge < -0.3 is 20.9 Å². The summed E-state index contributed by atoms with van der Waals surface area (Å²) in [6, 6.07) is -0.794. The Morgan fingerprint density at radius 2 is 2.46 bits per heavy atom. The summed E-state index contributed by atoms with van der Waals surface area (Å²) in [5.74, 6) is -0.225. The maximum Gasteiger partial charge on any atom is 0.237 e. The quantitative estimate of drug-likeness (QED) is 0.508. The van der Waals surface area contributed by atoms with E-state index in [9.17, 15) is 9.90 Å². The zero-order valence-corrected chi connectivity index (χ0v) is 7.69. The number of carbonyl (C=O) groups excluding carboxylic acids is 1. The van der Waals surface area contributed by atoms with Crippen LogP contribution in [0.15, 0.2) is 0 Å². The van der Waals surface area contributed by atoms with Crippen LogP contribution in [0.3, 0.4) is 0 Å². The van der Waals surface area contributed by atoms with Crippen LogP contribution in [0.5, 0.6) is 0 Å². The maximum atomic E-state index is 11.3. The first-order valence-corrected chi connectivity index (χ1v) is 4.47. The Balaban J connectivity index is 2.35. The molecule has 0 aromatic rings. The molecule has 1 rings (SSSR count). The van der Waals surface area contributed by atoms with Crippen LogP contribution in [-0.2, 0) is 9.53 Å². The molecule has 5 nitrogen and oxygen atoms in total. The summed E-state index contributed by atoms with van der Waals surface area (Å²) in [6.07, 6.45) is -0.0109. The fourth-order valence-corrected chi connectivity index (χ4v) is 1.16. The van der Waals surface area contributed by atoms with Crippen molar-refractivity contribution in [1.82, 2.24) is 5.32 Å². The van der Waals surface area contributed by atoms with Crippen LogP contribution in [0.25, 0.3) is 0 Å². The number of nitrogens with one attached hydrogen (secondary N) is 1. The van der Waals surface area contributed by atoms with Gasteiger partial charge in [-0.05, 0) is 6.42 Å². The van der Waals surface area contributed by atoms with Crippen molar-refractivity contribution in [3.63, 3.8) is 0 Å². The molecule has 0 radical (unpaired) electrons. The van der Waals surface area contributed by atoms with Gasteiger partial charge in [-0.1, -0.05) is 6.92 Å². The molecule has 0 saturated carbocycles. The molecule has 1 aliphatic heterocycles. The van der Waals surface area contributed by atoms with Gasteiger partial charge in [0.15, 0.2) is 0 Å². The number of rotatable bonds is 3. The Hall–Kier alpha value is -0.650. The van der Waals surface area contributed by atoms with Crippen molar-refractivity contribution in [2.45, 2.75) is 31.5 Å². The van der Waals surface area contributed by atoms with Gasteiger partial charge >= 0.3 is 0 Å². The van der Waals surface area contributed by atoms with Gasteiger partial charge in [-0.25, -0.2) is 0 Å². The third kappa shape index (κ3) is 2.65. The number of hydrogen-bond donors (Lipinski definition) is 3. The molecule has 3 atom stereocenters. The number of aliphatic hydroxyl groups excluding tert-OH is 1. The molecule has 0 aromatic heterocycles. The lowest BCUT2D eigenvalue weighted by molar-refractivity contribution is -0.123. The third-order valence-corrected chi connectivity index (χ3v) is 2.15. The van der Waals surface area contributed by atoms with Crippen LogP contribution >= 0.6 is 0 Å². The van der Waals surface area contributed by atoms with Crippen molar-refractivity contribution >= 4 is 5.91 Å². The van der Waals surface area contributed by atoms with E-state index in [4.69, 9.17) is 10.5 Å². The fourth-order valence-electron chi connectivity index (χ4n) is 1.16. The lowest BCUT2D eigenvalue weighted by Crippen LogP contribution is -2.49. The topological polar surface area (TPSA) is 84.6 Å². The molecule has 76 valence electrons. The number of amides is 1. The van der Waals surface area contributed by atoms with Crippen LogP contribution in [0.1, 0.15) is 13.3 Å². The number of aliphatic hydroxyl groups is 1. The van der Waals surface area contributed by atoms with Crippen LogP contribution in [0.2, 0.25) is 0 Å². The van der Waals surface area contributed by atoms with E-state index in [0.717, 1.165) is 0 Å². The van der Waals surface area contributed by atoms with Gasteiger partial charge in [0.25, 0.3) is 0 Å². The minimum atomic E-state index is -0.604. The van der Waals surface area contributed by atoms with Gasteiger partial charge in [-0.2, -0.15) is 0 Å². The summed E-state index contributed by atoms with van der Waals surface area (Å²) in [5.41, 5.74) is 5.51. The number of hydrogen-bond acceptors (Lipinski definition) is 4. The van der Waals surface area contributed by atoms with E-state index in [2.05, 4.69) is 5.32 Å². The molecule has 1 fully saturated rings. The van der Waals surface area contributed by atoms with E-state index in [1.165, 1.54) is 0 Å². The van der Waals surface area contributed by atoms with E-state index in [1.807, 2.05) is 6.92 Å². The highest BCUT2D eigenvalue weighted by Gasteiger charge is 2.28. The molecular formula is C8H16N2O3. The zero-order chi connectivity index (χ0) is 9.84. The lowest BCUT2D eigenvalue weighted by atomic mass is 10.1. The van der Waals surface area contributed by atoms with Crippen LogP contribution in [0, 0.1) is 0 Å². The Kier molecular flexibility index (Phi) is 3.65. The van der Waals surface area contributed by atoms with Gasteiger partial charge in [0, 0.05) is 0 Å². The molecule has 0 spiro atoms. The van der Waals surface area contributed by atoms with Crippen molar-refractivity contribution in [1.29, 1.82) is 0 Å². The molecule has 2 unspecified atom stereocenters. The summed E-state index contributed by atoms with van der Waals surface area (Å²) in [4.78, 5) is 11.3. The van der Waals surface area contributed by atoms with Crippen molar-refractivity contribution in [3.8, 4) is 0 Å². The molecule has 0 aromatic carbocycles. The second-order valence-electron chi connectivity index (χ2n) is 3.23. The SMILES string of the molecule is CC[C@H](N)C(=O)NC1COCC1O. The van der Waals surface area contributed by atoms with Crippen molar-refractivity contribution in [3.05, 3.63) is 0 Å². The highest BCUT2D eigenvalue weighted by Crippen LogP contribution is 2.05. The van der Waals surface area contributed by atoms with Gasteiger partial charge in [-0.3, -0.25) is 4.79 Å². The van der Waals surface area contributed by atoms with Crippen molar-refractivity contribution in [2.75, 3.05) is 13.2 Å². The minimum absolute atomic E-state index is 0.225. The van der Waals surface area contributed by atoms with E-state index < -0.39 is 12.1 Å². The molecular weight excluding hydrogens is 172 g/mol. The smallest absolute Gasteiger partial charge is 0.237 e. The standard InChI is InChI=1S/C8H16N2O3/c1-2-5(9)8(12)10-6-3-13-4-7(6)11/h5-7,11H,2-4,9H2,1H3,(H,10,12)/t5-,6?,7?/m0/s1. The first kappa shape index (κ1) is 10.4. The lowest BCUT2D eigenvalue weighted by Gasteiger charge is -2.16. The first-order valence-electron chi connectivity index (χ1n) is 4.47. The van der Waals surface area contributed by atoms with Crippen molar-refractivity contribution in [2.24, 2.45) is 5.73 Å². The van der Waals surface area contributed by atoms with Crippen LogP contribution in [-0.4, -0.2) is 42.4 Å². The Bertz CT molecular complexity index is 186. The molecule has 13 heavy (non-hydrogen) atoms. The van der Waals surface area contributed by atoms with E-state index in [0.29, 0.717) is 13.0 Å². The van der Waals surface area contributed by atoms with Gasteiger partial charge in [0.1, 0.15) is 0 Å². The van der Waals surface area contributed by atoms with E-state index >= 15 is 0 Å². The Labute approximate surface area is 77.2 Å². The number of ether oxygens (including phenoxy) is 1. The highest BCUT2D eigenvalue weighted by molar-refractivity contribution is 5.81. The molecule has 0 bridgehead atoms. The van der Waals surface area contributed by atoms with Gasteiger partial charge in [0.2, 0.25) is 5.91 Å². The Morgan fingerprint density at radius 1 is 1.77 bits per heavy atom. The highest BCUT2D eigenvalue weighted by atomic mass is 16.5. The average molecular weight is 188 g/mol. The zero-order valence-electron chi connectivity index (χ0n) is 7.69. The summed E-state index contributed by atoms with van der Waals surface area (Å²) in [6.45, 7) is 2.49. The molecule has 1 saturated heterocycles. The molecule has 1 aliphatic rings. The van der Waals surface area contributed by atoms with E-state index in [1.54, 1.807) is 0 Å². The molecule has 1 heterocycles. The van der Waals surface area contributed by atoms with Crippen LogP contribution < -0.4 is 11.1 Å². The number of carbonyl (C=O) groups is 1. The summed E-state index contributed by atoms with van der Waals surface area (Å²) < 4.78 is 4.98. The van der Waals surface area contributed by atoms with Crippen LogP contribution in [0.4, 0.5) is 0 Å². The largest absolute Gasteiger partial charge is 0.388 e. The normalized spacial score (nSPS) is 30.1. The number of nitrogens with two attached hydrogens (primary N) is 1. The predicted molar refractivity (Wildman–Crippen MR) is 47.0 cm³/mol. The summed E-state index contributed by atoms with van der Waals surface area (Å²) in [5, 5.41) is 12.0. The third-order valence-electron chi connectivity index (χ3n) is 2.15. The maximum absolute atomic E-state index is 11.3. The molecule has 5 heteroatoms. The van der Waals surface area contributed by atoms with Gasteiger partial charge in [-0.15, -0.1) is 0 Å². The average Bonchev–Trinajstić information content (AvgIpc) is 2.50. The monoisotopic (exact) mass is 188 g/mol. The molecule has 1 amide bonds. The van der Waals surface area contributed by atoms with Gasteiger partial charge in [0.05, 0.1) is 31.4 Å². The minimum Gasteiger partial charge on any atom is -0.388 e. The second kappa shape index (κ2) is 4.55. The summed E-state index contributed by atoms with van der Waals surface area (Å²) in [7, 11) is 0. The molecule has 4 N–H and O–H groups in total. The predicted octanol–water partition coefficient (Wildman–Crippen LogP) is -1.40. The second-order valence-corrected chi connectivity index (χ2v) is 3.23. The first-order chi connectivity index (χ1) is 6.15. The summed E-state index contributed by atoms with van der Waals surface area (Å²) >= 11 is 0. The fraction of sp³-hybridized carbons (Fsp3) is 0.875.